The predicted molar refractivity (Wildman–Crippen MR) is 88.7 cm³/mol. The van der Waals surface area contributed by atoms with Crippen molar-refractivity contribution in [2.24, 2.45) is 7.05 Å². The molecule has 3 aromatic rings. The van der Waals surface area contributed by atoms with E-state index in [1.54, 1.807) is 0 Å². The molecule has 0 saturated carbocycles. The molecule has 1 aliphatic rings. The zero-order chi connectivity index (χ0) is 16.5. The minimum atomic E-state index is 0.362. The van der Waals surface area contributed by atoms with E-state index in [4.69, 9.17) is 4.98 Å². The van der Waals surface area contributed by atoms with Crippen LogP contribution in [0.4, 0.5) is 5.82 Å². The summed E-state index contributed by atoms with van der Waals surface area (Å²) in [6.45, 7) is 3.99. The van der Waals surface area contributed by atoms with Crippen LogP contribution in [-0.2, 0) is 13.5 Å². The van der Waals surface area contributed by atoms with Gasteiger partial charge in [-0.2, -0.15) is 10.3 Å². The highest BCUT2D eigenvalue weighted by Crippen LogP contribution is 2.30. The normalized spacial score (nSPS) is 16.2. The van der Waals surface area contributed by atoms with Crippen LogP contribution in [0, 0.1) is 0 Å². The number of rotatable bonds is 4. The second-order valence-electron chi connectivity index (χ2n) is 6.25. The molecular weight excluding hydrogens is 306 g/mol. The Morgan fingerprint density at radius 3 is 2.79 bits per heavy atom. The van der Waals surface area contributed by atoms with Gasteiger partial charge in [0.2, 0.25) is 0 Å². The number of tetrazole rings is 1. The molecule has 0 aromatic carbocycles. The van der Waals surface area contributed by atoms with Crippen LogP contribution in [-0.4, -0.2) is 53.5 Å². The number of H-pyrrole nitrogens is 1. The Balaban J connectivity index is 1.62. The van der Waals surface area contributed by atoms with Crippen molar-refractivity contribution in [2.75, 3.05) is 18.0 Å². The molecule has 4 heterocycles. The monoisotopic (exact) mass is 327 g/mol. The lowest BCUT2D eigenvalue weighted by atomic mass is 9.96. The molecule has 0 radical (unpaired) electrons. The summed E-state index contributed by atoms with van der Waals surface area (Å²) < 4.78 is 1.83. The Kier molecular flexibility index (Phi) is 3.83. The molecule has 3 aromatic heterocycles. The SMILES string of the molecule is CCCc1nc(N2CCC(c3nn[nH]n3)CC2)c2cnn(C)c2n1. The highest BCUT2D eigenvalue weighted by molar-refractivity contribution is 5.87. The first-order chi connectivity index (χ1) is 11.8. The van der Waals surface area contributed by atoms with Crippen molar-refractivity contribution in [3.63, 3.8) is 0 Å². The van der Waals surface area contributed by atoms with E-state index in [1.807, 2.05) is 17.9 Å². The van der Waals surface area contributed by atoms with E-state index in [-0.39, 0.29) is 0 Å². The van der Waals surface area contributed by atoms with Gasteiger partial charge in [-0.3, -0.25) is 4.68 Å². The third kappa shape index (κ3) is 2.59. The average Bonchev–Trinajstić information content (AvgIpc) is 3.26. The van der Waals surface area contributed by atoms with Crippen LogP contribution < -0.4 is 4.90 Å². The van der Waals surface area contributed by atoms with Crippen molar-refractivity contribution in [2.45, 2.75) is 38.5 Å². The van der Waals surface area contributed by atoms with E-state index in [2.05, 4.69) is 42.5 Å². The van der Waals surface area contributed by atoms with Gasteiger partial charge >= 0.3 is 0 Å². The van der Waals surface area contributed by atoms with Gasteiger partial charge in [-0.1, -0.05) is 12.1 Å². The fraction of sp³-hybridized carbons (Fsp3) is 0.600. The Labute approximate surface area is 139 Å². The fourth-order valence-corrected chi connectivity index (χ4v) is 3.32. The lowest BCUT2D eigenvalue weighted by molar-refractivity contribution is 0.484. The lowest BCUT2D eigenvalue weighted by Crippen LogP contribution is -2.34. The number of hydrogen-bond acceptors (Lipinski definition) is 7. The molecule has 0 amide bonds. The van der Waals surface area contributed by atoms with Gasteiger partial charge in [-0.15, -0.1) is 10.2 Å². The molecule has 9 heteroatoms. The molecular formula is C15H21N9. The first-order valence-electron chi connectivity index (χ1n) is 8.43. The number of nitrogens with zero attached hydrogens (tertiary/aromatic N) is 8. The largest absolute Gasteiger partial charge is 0.356 e. The van der Waals surface area contributed by atoms with Crippen LogP contribution in [0.2, 0.25) is 0 Å². The summed E-state index contributed by atoms with van der Waals surface area (Å²) in [5.74, 6) is 3.07. The standard InChI is InChI=1S/C15H21N9/c1-3-4-12-17-14-11(9-16-23(14)2)15(18-12)24-7-5-10(6-8-24)13-19-21-22-20-13/h9-10H,3-8H2,1-2H3,(H,19,20,21,22). The maximum atomic E-state index is 4.83. The van der Waals surface area contributed by atoms with E-state index >= 15 is 0 Å². The fourth-order valence-electron chi connectivity index (χ4n) is 3.32. The summed E-state index contributed by atoms with van der Waals surface area (Å²) in [6, 6.07) is 0. The molecule has 9 nitrogen and oxygen atoms in total. The summed E-state index contributed by atoms with van der Waals surface area (Å²) in [5, 5.41) is 19.8. The molecule has 1 fully saturated rings. The van der Waals surface area contributed by atoms with E-state index in [9.17, 15) is 0 Å². The van der Waals surface area contributed by atoms with E-state index in [1.165, 1.54) is 0 Å². The Morgan fingerprint density at radius 1 is 1.25 bits per heavy atom. The minimum absolute atomic E-state index is 0.362. The van der Waals surface area contributed by atoms with E-state index < -0.39 is 0 Å². The lowest BCUT2D eigenvalue weighted by Gasteiger charge is -2.31. The maximum absolute atomic E-state index is 4.83. The maximum Gasteiger partial charge on any atom is 0.177 e. The first kappa shape index (κ1) is 15.0. The molecule has 0 bridgehead atoms. The van der Waals surface area contributed by atoms with Gasteiger partial charge in [0.15, 0.2) is 11.5 Å². The van der Waals surface area contributed by atoms with Gasteiger partial charge in [0.05, 0.1) is 11.6 Å². The van der Waals surface area contributed by atoms with Crippen LogP contribution in [0.3, 0.4) is 0 Å². The Morgan fingerprint density at radius 2 is 2.08 bits per heavy atom. The molecule has 0 unspecified atom stereocenters. The van der Waals surface area contributed by atoms with Gasteiger partial charge in [0.25, 0.3) is 0 Å². The van der Waals surface area contributed by atoms with Gasteiger partial charge in [-0.25, -0.2) is 9.97 Å². The third-order valence-corrected chi connectivity index (χ3v) is 4.61. The van der Waals surface area contributed by atoms with Gasteiger partial charge < -0.3 is 4.90 Å². The number of piperidine rings is 1. The van der Waals surface area contributed by atoms with Crippen LogP contribution in [0.1, 0.15) is 43.8 Å². The van der Waals surface area contributed by atoms with Crippen molar-refractivity contribution in [3.8, 4) is 0 Å². The molecule has 4 rings (SSSR count). The summed E-state index contributed by atoms with van der Waals surface area (Å²) >= 11 is 0. The molecule has 0 spiro atoms. The van der Waals surface area contributed by atoms with Crippen molar-refractivity contribution >= 4 is 16.9 Å². The highest BCUT2D eigenvalue weighted by Gasteiger charge is 2.26. The number of nitrogens with one attached hydrogen (secondary N) is 1. The summed E-state index contributed by atoms with van der Waals surface area (Å²) in [7, 11) is 1.93. The summed E-state index contributed by atoms with van der Waals surface area (Å²) in [4.78, 5) is 11.8. The van der Waals surface area contributed by atoms with Crippen LogP contribution in [0.25, 0.3) is 11.0 Å². The van der Waals surface area contributed by atoms with Crippen molar-refractivity contribution < 1.29 is 0 Å². The van der Waals surface area contributed by atoms with E-state index in [0.29, 0.717) is 5.92 Å². The van der Waals surface area contributed by atoms with Crippen LogP contribution in [0.5, 0.6) is 0 Å². The van der Waals surface area contributed by atoms with Crippen molar-refractivity contribution in [1.29, 1.82) is 0 Å². The van der Waals surface area contributed by atoms with Crippen LogP contribution in [0.15, 0.2) is 6.20 Å². The number of aryl methyl sites for hydroxylation is 2. The zero-order valence-electron chi connectivity index (χ0n) is 14.0. The topological polar surface area (TPSA) is 101 Å². The van der Waals surface area contributed by atoms with Crippen molar-refractivity contribution in [1.82, 2.24) is 40.4 Å². The Hall–Kier alpha value is -2.58. The molecule has 0 aliphatic carbocycles. The number of hydrogen-bond donors (Lipinski definition) is 1. The zero-order valence-corrected chi connectivity index (χ0v) is 14.0. The molecule has 1 saturated heterocycles. The number of anilines is 1. The number of fused-ring (bicyclic) bond motifs is 1. The van der Waals surface area contributed by atoms with Gasteiger partial charge in [-0.05, 0) is 19.3 Å². The second kappa shape index (κ2) is 6.14. The van der Waals surface area contributed by atoms with E-state index in [0.717, 1.165) is 67.3 Å². The smallest absolute Gasteiger partial charge is 0.177 e. The second-order valence-corrected chi connectivity index (χ2v) is 6.25. The number of aromatic nitrogens is 8. The summed E-state index contributed by atoms with van der Waals surface area (Å²) in [5.41, 5.74) is 0.906. The molecule has 126 valence electrons. The molecule has 24 heavy (non-hydrogen) atoms. The number of aromatic amines is 1. The van der Waals surface area contributed by atoms with Crippen LogP contribution >= 0.6 is 0 Å². The predicted octanol–water partition coefficient (Wildman–Crippen LogP) is 1.21. The van der Waals surface area contributed by atoms with Crippen molar-refractivity contribution in [3.05, 3.63) is 17.8 Å². The van der Waals surface area contributed by atoms with Gasteiger partial charge in [0.1, 0.15) is 11.6 Å². The third-order valence-electron chi connectivity index (χ3n) is 4.61. The van der Waals surface area contributed by atoms with Gasteiger partial charge in [0, 0.05) is 32.5 Å². The molecule has 0 atom stereocenters. The quantitative estimate of drug-likeness (QED) is 0.768. The highest BCUT2D eigenvalue weighted by atomic mass is 15.5. The molecule has 1 N–H and O–H groups in total. The average molecular weight is 327 g/mol. The minimum Gasteiger partial charge on any atom is -0.356 e. The first-order valence-corrected chi connectivity index (χ1v) is 8.43. The molecule has 1 aliphatic heterocycles. The Bertz CT molecular complexity index is 815. The summed E-state index contributed by atoms with van der Waals surface area (Å²) in [6.07, 6.45) is 5.77.